The molecular weight excluding hydrogens is 201 g/mol. The van der Waals surface area contributed by atoms with Crippen molar-refractivity contribution in [2.24, 2.45) is 11.8 Å². The first-order chi connectivity index (χ1) is 6.30. The van der Waals surface area contributed by atoms with E-state index in [2.05, 4.69) is 0 Å². The first kappa shape index (κ1) is 11.0. The van der Waals surface area contributed by atoms with Crippen LogP contribution in [0.3, 0.4) is 0 Å². The summed E-state index contributed by atoms with van der Waals surface area (Å²) in [6, 6.07) is 0. The highest BCUT2D eigenvalue weighted by Gasteiger charge is 2.46. The second kappa shape index (κ2) is 3.59. The van der Waals surface area contributed by atoms with Crippen LogP contribution in [0.1, 0.15) is 19.3 Å². The highest BCUT2D eigenvalue weighted by Crippen LogP contribution is 2.38. The van der Waals surface area contributed by atoms with Crippen LogP contribution in [0.25, 0.3) is 0 Å². The van der Waals surface area contributed by atoms with E-state index in [1.165, 1.54) is 0 Å². The van der Waals surface area contributed by atoms with Gasteiger partial charge in [-0.2, -0.15) is 13.2 Å². The van der Waals surface area contributed by atoms with E-state index >= 15 is 0 Å². The SMILES string of the molecule is O=C1CC(C(=O)O)CC(C(F)(F)F)C1. The molecule has 0 aliphatic heterocycles. The molecule has 2 unspecified atom stereocenters. The average molecular weight is 210 g/mol. The number of carbonyl (C=O) groups excluding carboxylic acids is 1. The summed E-state index contributed by atoms with van der Waals surface area (Å²) in [5.41, 5.74) is 0. The van der Waals surface area contributed by atoms with E-state index in [-0.39, 0.29) is 6.42 Å². The highest BCUT2D eigenvalue weighted by atomic mass is 19.4. The minimum absolute atomic E-state index is 0.276. The molecule has 0 radical (unpaired) electrons. The third-order valence-corrected chi connectivity index (χ3v) is 2.33. The van der Waals surface area contributed by atoms with Crippen LogP contribution < -0.4 is 0 Å². The maximum Gasteiger partial charge on any atom is 0.392 e. The van der Waals surface area contributed by atoms with Gasteiger partial charge in [0.2, 0.25) is 0 Å². The number of hydrogen-bond acceptors (Lipinski definition) is 2. The molecule has 1 N–H and O–H groups in total. The van der Waals surface area contributed by atoms with E-state index in [1.54, 1.807) is 0 Å². The zero-order valence-corrected chi connectivity index (χ0v) is 7.17. The van der Waals surface area contributed by atoms with Gasteiger partial charge in [-0.1, -0.05) is 0 Å². The van der Waals surface area contributed by atoms with Crippen molar-refractivity contribution in [2.45, 2.75) is 25.4 Å². The Morgan fingerprint density at radius 3 is 2.36 bits per heavy atom. The number of halogens is 3. The van der Waals surface area contributed by atoms with E-state index in [4.69, 9.17) is 5.11 Å². The zero-order valence-electron chi connectivity index (χ0n) is 7.17. The van der Waals surface area contributed by atoms with Gasteiger partial charge in [-0.25, -0.2) is 0 Å². The lowest BCUT2D eigenvalue weighted by atomic mass is 9.80. The van der Waals surface area contributed by atoms with Gasteiger partial charge in [0.25, 0.3) is 0 Å². The van der Waals surface area contributed by atoms with E-state index in [1.807, 2.05) is 0 Å². The van der Waals surface area contributed by atoms with Crippen molar-refractivity contribution >= 4 is 11.8 Å². The van der Waals surface area contributed by atoms with Gasteiger partial charge in [0.15, 0.2) is 0 Å². The minimum atomic E-state index is -4.47. The predicted octanol–water partition coefficient (Wildman–Crippen LogP) is 1.62. The monoisotopic (exact) mass is 210 g/mol. The predicted molar refractivity (Wildman–Crippen MR) is 39.5 cm³/mol. The Labute approximate surface area is 77.9 Å². The van der Waals surface area contributed by atoms with Crippen LogP contribution >= 0.6 is 0 Å². The van der Waals surface area contributed by atoms with Crippen LogP contribution in [0.4, 0.5) is 13.2 Å². The summed E-state index contributed by atoms with van der Waals surface area (Å²) in [7, 11) is 0. The smallest absolute Gasteiger partial charge is 0.392 e. The van der Waals surface area contributed by atoms with E-state index < -0.39 is 42.6 Å². The average Bonchev–Trinajstić information content (AvgIpc) is 2.01. The maximum atomic E-state index is 12.2. The number of carbonyl (C=O) groups is 2. The van der Waals surface area contributed by atoms with E-state index in [0.29, 0.717) is 0 Å². The fourth-order valence-electron chi connectivity index (χ4n) is 1.58. The maximum absolute atomic E-state index is 12.2. The Kier molecular flexibility index (Phi) is 2.82. The standard InChI is InChI=1S/C8H9F3O3/c9-8(10,11)5-1-4(7(13)14)2-6(12)3-5/h4-5H,1-3H2,(H,13,14). The lowest BCUT2D eigenvalue weighted by Gasteiger charge is -2.27. The van der Waals surface area contributed by atoms with Gasteiger partial charge in [-0.05, 0) is 6.42 Å². The quantitative estimate of drug-likeness (QED) is 0.715. The minimum Gasteiger partial charge on any atom is -0.481 e. The molecule has 2 atom stereocenters. The number of rotatable bonds is 1. The first-order valence-electron chi connectivity index (χ1n) is 4.12. The number of carboxylic acids is 1. The van der Waals surface area contributed by atoms with Gasteiger partial charge < -0.3 is 5.11 Å². The molecule has 1 aliphatic carbocycles. The molecule has 0 spiro atoms. The summed E-state index contributed by atoms with van der Waals surface area (Å²) in [4.78, 5) is 21.3. The van der Waals surface area contributed by atoms with E-state index in [0.717, 1.165) is 0 Å². The molecule has 1 rings (SSSR count). The van der Waals surface area contributed by atoms with Crippen molar-refractivity contribution < 1.29 is 27.9 Å². The molecule has 0 aromatic rings. The Balaban J connectivity index is 2.73. The Hall–Kier alpha value is -1.07. The molecular formula is C8H9F3O3. The van der Waals surface area contributed by atoms with Crippen molar-refractivity contribution in [2.75, 3.05) is 0 Å². The fourth-order valence-corrected chi connectivity index (χ4v) is 1.58. The normalized spacial score (nSPS) is 28.9. The molecule has 3 nitrogen and oxygen atoms in total. The summed E-state index contributed by atoms with van der Waals surface area (Å²) in [5.74, 6) is -4.91. The number of alkyl halides is 3. The van der Waals surface area contributed by atoms with Crippen molar-refractivity contribution in [3.8, 4) is 0 Å². The molecule has 0 aromatic heterocycles. The summed E-state index contributed by atoms with van der Waals surface area (Å²) in [6.45, 7) is 0. The molecule has 14 heavy (non-hydrogen) atoms. The fraction of sp³-hybridized carbons (Fsp3) is 0.750. The van der Waals surface area contributed by atoms with Crippen LogP contribution in [0.5, 0.6) is 0 Å². The lowest BCUT2D eigenvalue weighted by Crippen LogP contribution is -2.35. The van der Waals surface area contributed by atoms with E-state index in [9.17, 15) is 22.8 Å². The second-order valence-electron chi connectivity index (χ2n) is 3.46. The summed E-state index contributed by atoms with van der Waals surface area (Å²) >= 11 is 0. The summed E-state index contributed by atoms with van der Waals surface area (Å²) in [5, 5.41) is 8.52. The molecule has 80 valence electrons. The second-order valence-corrected chi connectivity index (χ2v) is 3.46. The van der Waals surface area contributed by atoms with Gasteiger partial charge in [0, 0.05) is 12.8 Å². The van der Waals surface area contributed by atoms with Crippen LogP contribution in [0.2, 0.25) is 0 Å². The summed E-state index contributed by atoms with van der Waals surface area (Å²) < 4.78 is 36.6. The molecule has 6 heteroatoms. The van der Waals surface area contributed by atoms with Crippen molar-refractivity contribution in [1.29, 1.82) is 0 Å². The number of carboxylic acid groups (broad SMARTS) is 1. The van der Waals surface area contributed by atoms with Gasteiger partial charge in [0.05, 0.1) is 11.8 Å². The molecule has 0 aromatic carbocycles. The number of hydrogen-bond donors (Lipinski definition) is 1. The number of aliphatic carboxylic acids is 1. The lowest BCUT2D eigenvalue weighted by molar-refractivity contribution is -0.189. The van der Waals surface area contributed by atoms with Crippen molar-refractivity contribution in [1.82, 2.24) is 0 Å². The summed E-state index contributed by atoms with van der Waals surface area (Å²) in [6.07, 6.45) is -5.80. The van der Waals surface area contributed by atoms with Crippen molar-refractivity contribution in [3.05, 3.63) is 0 Å². The van der Waals surface area contributed by atoms with Gasteiger partial charge in [-0.3, -0.25) is 9.59 Å². The molecule has 0 heterocycles. The third-order valence-electron chi connectivity index (χ3n) is 2.33. The van der Waals surface area contributed by atoms with Crippen LogP contribution in [0, 0.1) is 11.8 Å². The largest absolute Gasteiger partial charge is 0.481 e. The highest BCUT2D eigenvalue weighted by molar-refractivity contribution is 5.85. The molecule has 1 saturated carbocycles. The van der Waals surface area contributed by atoms with Gasteiger partial charge in [0.1, 0.15) is 5.78 Å². The van der Waals surface area contributed by atoms with Crippen LogP contribution in [-0.4, -0.2) is 23.0 Å². The van der Waals surface area contributed by atoms with Crippen LogP contribution in [0.15, 0.2) is 0 Å². The van der Waals surface area contributed by atoms with Crippen molar-refractivity contribution in [3.63, 3.8) is 0 Å². The third kappa shape index (κ3) is 2.46. The van der Waals surface area contributed by atoms with Gasteiger partial charge in [-0.15, -0.1) is 0 Å². The number of Topliss-reactive ketones (excluding diaryl/α,β-unsaturated/α-hetero) is 1. The zero-order chi connectivity index (χ0) is 10.9. The van der Waals surface area contributed by atoms with Gasteiger partial charge >= 0.3 is 12.1 Å². The molecule has 1 aliphatic rings. The Bertz CT molecular complexity index is 259. The molecule has 0 amide bonds. The molecule has 0 bridgehead atoms. The van der Waals surface area contributed by atoms with Crippen LogP contribution in [-0.2, 0) is 9.59 Å². The first-order valence-corrected chi connectivity index (χ1v) is 4.12. The Morgan fingerprint density at radius 1 is 1.36 bits per heavy atom. The number of ketones is 1. The Morgan fingerprint density at radius 2 is 1.93 bits per heavy atom. The topological polar surface area (TPSA) is 54.4 Å². The molecule has 1 fully saturated rings. The molecule has 0 saturated heterocycles.